The monoisotopic (exact) mass is 299 g/mol. The molecule has 1 aliphatic rings. The highest BCUT2D eigenvalue weighted by atomic mass is 32.2. The fraction of sp³-hybridized carbons (Fsp3) is 0.500. The molecule has 0 saturated carbocycles. The van der Waals surface area contributed by atoms with Crippen LogP contribution in [0.5, 0.6) is 0 Å². The predicted molar refractivity (Wildman–Crippen MR) is 76.9 cm³/mol. The van der Waals surface area contributed by atoms with Crippen LogP contribution in [0.25, 0.3) is 0 Å². The van der Waals surface area contributed by atoms with E-state index in [0.717, 1.165) is 25.1 Å². The van der Waals surface area contributed by atoms with E-state index in [1.54, 1.807) is 6.07 Å². The molecular formula is C12H17N3O4S. The average Bonchev–Trinajstić information content (AvgIpc) is 2.34. The molecule has 20 heavy (non-hydrogen) atoms. The maximum absolute atomic E-state index is 11.1. The highest BCUT2D eigenvalue weighted by Gasteiger charge is 2.19. The van der Waals surface area contributed by atoms with Gasteiger partial charge in [0.05, 0.1) is 4.92 Å². The number of nitro benzene ring substituents is 1. The summed E-state index contributed by atoms with van der Waals surface area (Å²) in [5, 5.41) is 13.0. The second kappa shape index (κ2) is 6.78. The van der Waals surface area contributed by atoms with Gasteiger partial charge in [0.15, 0.2) is 11.1 Å². The Morgan fingerprint density at radius 3 is 2.75 bits per heavy atom. The third kappa shape index (κ3) is 3.99. The maximum Gasteiger partial charge on any atom is 0.293 e. The summed E-state index contributed by atoms with van der Waals surface area (Å²) in [4.78, 5) is 10.7. The minimum absolute atomic E-state index is 0.0412. The highest BCUT2D eigenvalue weighted by molar-refractivity contribution is 7.79. The third-order valence-corrected chi connectivity index (χ3v) is 3.82. The second-order valence-electron chi connectivity index (χ2n) is 4.69. The van der Waals surface area contributed by atoms with Crippen molar-refractivity contribution in [1.82, 2.24) is 5.01 Å². The lowest BCUT2D eigenvalue weighted by atomic mass is 10.1. The zero-order valence-electron chi connectivity index (χ0n) is 10.9. The van der Waals surface area contributed by atoms with Crippen LogP contribution in [0.4, 0.5) is 11.4 Å². The molecular weight excluding hydrogens is 282 g/mol. The van der Waals surface area contributed by atoms with Crippen LogP contribution in [-0.2, 0) is 17.5 Å². The number of hydrogen-bond donors (Lipinski definition) is 2. The van der Waals surface area contributed by atoms with E-state index in [0.29, 0.717) is 18.5 Å². The van der Waals surface area contributed by atoms with Crippen molar-refractivity contribution < 1.29 is 13.7 Å². The summed E-state index contributed by atoms with van der Waals surface area (Å²) >= 11 is -1.81. The van der Waals surface area contributed by atoms with E-state index in [2.05, 4.69) is 5.43 Å². The number of nitro groups is 1. The lowest BCUT2D eigenvalue weighted by molar-refractivity contribution is -0.384. The molecule has 1 aliphatic heterocycles. The van der Waals surface area contributed by atoms with Crippen molar-refractivity contribution in [3.63, 3.8) is 0 Å². The van der Waals surface area contributed by atoms with Crippen LogP contribution in [0.3, 0.4) is 0 Å². The summed E-state index contributed by atoms with van der Waals surface area (Å²) in [5.41, 5.74) is 4.37. The fourth-order valence-corrected chi connectivity index (χ4v) is 2.37. The largest absolute Gasteiger partial charge is 0.313 e. The number of hydrazine groups is 1. The summed E-state index contributed by atoms with van der Waals surface area (Å²) < 4.78 is 19.3. The normalized spacial score (nSPS) is 16.4. The average molecular weight is 299 g/mol. The van der Waals surface area contributed by atoms with E-state index < -0.39 is 16.0 Å². The number of rotatable bonds is 7. The third-order valence-electron chi connectivity index (χ3n) is 3.18. The van der Waals surface area contributed by atoms with E-state index in [1.807, 2.05) is 11.1 Å². The van der Waals surface area contributed by atoms with Crippen LogP contribution < -0.4 is 5.43 Å². The van der Waals surface area contributed by atoms with Gasteiger partial charge in [0.25, 0.3) is 5.69 Å². The molecule has 0 spiro atoms. The Kier molecular flexibility index (Phi) is 5.05. The Bertz CT molecular complexity index is 519. The van der Waals surface area contributed by atoms with Gasteiger partial charge in [-0.2, -0.15) is 0 Å². The van der Waals surface area contributed by atoms with Crippen LogP contribution in [0.15, 0.2) is 18.2 Å². The fourth-order valence-electron chi connectivity index (χ4n) is 1.98. The Balaban J connectivity index is 2.05. The Morgan fingerprint density at radius 1 is 1.45 bits per heavy atom. The molecule has 1 aromatic rings. The Morgan fingerprint density at radius 2 is 2.20 bits per heavy atom. The summed E-state index contributed by atoms with van der Waals surface area (Å²) in [6.45, 7) is 1.78. The van der Waals surface area contributed by atoms with Crippen LogP contribution in [-0.4, -0.2) is 37.5 Å². The van der Waals surface area contributed by atoms with Gasteiger partial charge in [-0.05, 0) is 30.9 Å². The van der Waals surface area contributed by atoms with E-state index in [9.17, 15) is 14.3 Å². The van der Waals surface area contributed by atoms with E-state index in [4.69, 9.17) is 4.55 Å². The van der Waals surface area contributed by atoms with Gasteiger partial charge in [-0.15, -0.1) is 0 Å². The van der Waals surface area contributed by atoms with E-state index in [1.165, 1.54) is 6.07 Å². The van der Waals surface area contributed by atoms with Gasteiger partial charge < -0.3 is 9.98 Å². The molecule has 1 unspecified atom stereocenters. The summed E-state index contributed by atoms with van der Waals surface area (Å²) in [7, 11) is 0. The van der Waals surface area contributed by atoms with Crippen LogP contribution in [0.2, 0.25) is 0 Å². The quantitative estimate of drug-likeness (QED) is 0.452. The van der Waals surface area contributed by atoms with Crippen molar-refractivity contribution in [2.75, 3.05) is 24.3 Å². The van der Waals surface area contributed by atoms with Crippen molar-refractivity contribution >= 4 is 22.5 Å². The molecule has 2 rings (SSSR count). The van der Waals surface area contributed by atoms with Crippen molar-refractivity contribution in [1.29, 1.82) is 0 Å². The standard InChI is InChI=1S/C12H17N3O4S/c16-15(17)12-9-10(3-1-8-20(18)19)4-5-11(12)13-14-6-2-7-14/h4-5,9,13H,1-3,6-8H2,(H,18,19). The zero-order chi connectivity index (χ0) is 14.5. The Labute approximate surface area is 119 Å². The molecule has 8 heteroatoms. The molecule has 0 bridgehead atoms. The van der Waals surface area contributed by atoms with Gasteiger partial charge in [-0.1, -0.05) is 6.07 Å². The minimum Gasteiger partial charge on any atom is -0.313 e. The molecule has 2 N–H and O–H groups in total. The maximum atomic E-state index is 11.1. The molecule has 0 radical (unpaired) electrons. The summed E-state index contributed by atoms with van der Waals surface area (Å²) in [6, 6.07) is 5.04. The number of benzene rings is 1. The lowest BCUT2D eigenvalue weighted by Gasteiger charge is -2.31. The molecule has 0 aliphatic carbocycles. The van der Waals surface area contributed by atoms with Gasteiger partial charge in [-0.3, -0.25) is 10.1 Å². The van der Waals surface area contributed by atoms with Crippen molar-refractivity contribution in [2.45, 2.75) is 19.3 Å². The van der Waals surface area contributed by atoms with Crippen molar-refractivity contribution in [3.05, 3.63) is 33.9 Å². The summed E-state index contributed by atoms with van der Waals surface area (Å²) in [6.07, 6.45) is 2.17. The molecule has 110 valence electrons. The van der Waals surface area contributed by atoms with Crippen molar-refractivity contribution in [3.8, 4) is 0 Å². The number of nitrogens with one attached hydrogen (secondary N) is 1. The smallest absolute Gasteiger partial charge is 0.293 e. The van der Waals surface area contributed by atoms with Gasteiger partial charge in [0.2, 0.25) is 0 Å². The zero-order valence-corrected chi connectivity index (χ0v) is 11.8. The van der Waals surface area contributed by atoms with Crippen LogP contribution in [0, 0.1) is 10.1 Å². The molecule has 1 fully saturated rings. The van der Waals surface area contributed by atoms with E-state index in [-0.39, 0.29) is 11.4 Å². The van der Waals surface area contributed by atoms with Crippen molar-refractivity contribution in [2.24, 2.45) is 0 Å². The van der Waals surface area contributed by atoms with Crippen LogP contribution in [0.1, 0.15) is 18.4 Å². The summed E-state index contributed by atoms with van der Waals surface area (Å²) in [5.74, 6) is 0.182. The first kappa shape index (κ1) is 14.9. The molecule has 1 atom stereocenters. The lowest BCUT2D eigenvalue weighted by Crippen LogP contribution is -2.41. The van der Waals surface area contributed by atoms with E-state index >= 15 is 0 Å². The van der Waals surface area contributed by atoms with Gasteiger partial charge in [0, 0.05) is 24.9 Å². The molecule has 1 aromatic carbocycles. The highest BCUT2D eigenvalue weighted by Crippen LogP contribution is 2.27. The topological polar surface area (TPSA) is 95.7 Å². The van der Waals surface area contributed by atoms with Gasteiger partial charge in [-0.25, -0.2) is 9.22 Å². The number of anilines is 1. The number of aryl methyl sites for hydroxylation is 1. The van der Waals surface area contributed by atoms with Gasteiger partial charge >= 0.3 is 0 Å². The first-order chi connectivity index (χ1) is 9.56. The predicted octanol–water partition coefficient (Wildman–Crippen LogP) is 1.78. The second-order valence-corrected chi connectivity index (χ2v) is 5.74. The molecule has 7 nitrogen and oxygen atoms in total. The first-order valence-corrected chi connectivity index (χ1v) is 7.70. The van der Waals surface area contributed by atoms with Gasteiger partial charge in [0.1, 0.15) is 5.69 Å². The first-order valence-electron chi connectivity index (χ1n) is 6.42. The number of hydrogen-bond acceptors (Lipinski definition) is 5. The Hall–Kier alpha value is -1.51. The molecule has 1 heterocycles. The number of nitrogens with zero attached hydrogens (tertiary/aromatic N) is 2. The molecule has 0 aromatic heterocycles. The van der Waals surface area contributed by atoms with Crippen LogP contribution >= 0.6 is 0 Å². The molecule has 0 amide bonds. The minimum atomic E-state index is -1.81. The molecule has 1 saturated heterocycles. The SMILES string of the molecule is O=[N+]([O-])c1cc(CCCS(=O)O)ccc1NN1CCC1.